The van der Waals surface area contributed by atoms with Gasteiger partial charge in [-0.3, -0.25) is 9.59 Å². The zero-order valence-corrected chi connectivity index (χ0v) is 13.4. The van der Waals surface area contributed by atoms with E-state index >= 15 is 0 Å². The minimum atomic E-state index is -4.53. The van der Waals surface area contributed by atoms with Gasteiger partial charge in [-0.05, 0) is 34.1 Å². The summed E-state index contributed by atoms with van der Waals surface area (Å²) in [6.45, 7) is 4.86. The van der Waals surface area contributed by atoms with E-state index in [9.17, 15) is 22.8 Å². The second-order valence-electron chi connectivity index (χ2n) is 5.55. The second kappa shape index (κ2) is 6.17. The minimum absolute atomic E-state index is 0.161. The highest BCUT2D eigenvalue weighted by Crippen LogP contribution is 2.31. The molecular weight excluding hydrogens is 351 g/mol. The van der Waals surface area contributed by atoms with E-state index in [1.54, 1.807) is 20.8 Å². The highest BCUT2D eigenvalue weighted by molar-refractivity contribution is 9.10. The van der Waals surface area contributed by atoms with Crippen molar-refractivity contribution in [3.8, 4) is 0 Å². The Bertz CT molecular complexity index is 562. The number of hydrogen-bond acceptors (Lipinski definition) is 2. The summed E-state index contributed by atoms with van der Waals surface area (Å²) < 4.78 is 38.1. The van der Waals surface area contributed by atoms with Crippen LogP contribution in [0.4, 0.5) is 13.2 Å². The van der Waals surface area contributed by atoms with Crippen LogP contribution >= 0.6 is 15.9 Å². The first kappa shape index (κ1) is 17.7. The summed E-state index contributed by atoms with van der Waals surface area (Å²) in [7, 11) is 0. The number of nitrogens with one attached hydrogen (secondary N) is 1. The van der Waals surface area contributed by atoms with E-state index in [1.165, 1.54) is 0 Å². The zero-order valence-electron chi connectivity index (χ0n) is 11.8. The molecule has 1 aromatic rings. The van der Waals surface area contributed by atoms with Crippen LogP contribution in [0.5, 0.6) is 0 Å². The largest absolute Gasteiger partial charge is 0.416 e. The molecule has 0 aliphatic rings. The second-order valence-corrected chi connectivity index (χ2v) is 6.40. The maximum absolute atomic E-state index is 12.6. The predicted octanol–water partition coefficient (Wildman–Crippen LogP) is 3.81. The third kappa shape index (κ3) is 4.84. The Balaban J connectivity index is 2.91. The fourth-order valence-corrected chi connectivity index (χ4v) is 1.82. The third-order valence-electron chi connectivity index (χ3n) is 2.78. The maximum atomic E-state index is 12.6. The van der Waals surface area contributed by atoms with E-state index in [0.29, 0.717) is 0 Å². The van der Waals surface area contributed by atoms with E-state index in [0.717, 1.165) is 18.2 Å². The Morgan fingerprint density at radius 1 is 1.19 bits per heavy atom. The number of halogens is 4. The van der Waals surface area contributed by atoms with Gasteiger partial charge in [0.1, 0.15) is 0 Å². The van der Waals surface area contributed by atoms with Crippen molar-refractivity contribution in [2.75, 3.05) is 6.54 Å². The highest BCUT2D eigenvalue weighted by Gasteiger charge is 2.31. The monoisotopic (exact) mass is 365 g/mol. The van der Waals surface area contributed by atoms with Gasteiger partial charge in [0.15, 0.2) is 5.78 Å². The van der Waals surface area contributed by atoms with Crippen LogP contribution in [0.3, 0.4) is 0 Å². The van der Waals surface area contributed by atoms with Crippen molar-refractivity contribution in [3.05, 3.63) is 33.8 Å². The van der Waals surface area contributed by atoms with E-state index in [2.05, 4.69) is 21.2 Å². The van der Waals surface area contributed by atoms with Crippen LogP contribution in [0.2, 0.25) is 0 Å². The van der Waals surface area contributed by atoms with Crippen molar-refractivity contribution in [3.63, 3.8) is 0 Å². The molecule has 3 nitrogen and oxygen atoms in total. The number of rotatable bonds is 3. The normalized spacial score (nSPS) is 12.1. The number of hydrogen-bond donors (Lipinski definition) is 1. The molecular formula is C14H15BrF3NO2. The lowest BCUT2D eigenvalue weighted by molar-refractivity contribution is -0.137. The summed E-state index contributed by atoms with van der Waals surface area (Å²) in [6, 6.07) is 2.78. The van der Waals surface area contributed by atoms with Crippen LogP contribution in [-0.2, 0) is 11.0 Å². The standard InChI is InChI=1S/C14H15BrF3NO2/c1-13(2,3)11(20)7-19-12(21)9-6-8(14(16,17)18)4-5-10(9)15/h4-6H,7H2,1-3H3,(H,19,21). The first-order valence-electron chi connectivity index (χ1n) is 6.11. The van der Waals surface area contributed by atoms with Crippen LogP contribution in [-0.4, -0.2) is 18.2 Å². The molecule has 0 atom stereocenters. The van der Waals surface area contributed by atoms with Crippen molar-refractivity contribution >= 4 is 27.6 Å². The molecule has 0 aliphatic carbocycles. The lowest BCUT2D eigenvalue weighted by Gasteiger charge is -2.17. The lowest BCUT2D eigenvalue weighted by atomic mass is 9.91. The fourth-order valence-electron chi connectivity index (χ4n) is 1.40. The highest BCUT2D eigenvalue weighted by atomic mass is 79.9. The molecule has 0 heterocycles. The predicted molar refractivity (Wildman–Crippen MR) is 75.9 cm³/mol. The summed E-state index contributed by atoms with van der Waals surface area (Å²) in [5, 5.41) is 2.34. The van der Waals surface area contributed by atoms with Crippen molar-refractivity contribution in [2.24, 2.45) is 5.41 Å². The van der Waals surface area contributed by atoms with Crippen LogP contribution < -0.4 is 5.32 Å². The van der Waals surface area contributed by atoms with Crippen molar-refractivity contribution in [1.29, 1.82) is 0 Å². The molecule has 0 radical (unpaired) electrons. The first-order chi connectivity index (χ1) is 9.43. The third-order valence-corrected chi connectivity index (χ3v) is 3.48. The van der Waals surface area contributed by atoms with Gasteiger partial charge in [-0.25, -0.2) is 0 Å². The Kier molecular flexibility index (Phi) is 5.20. The average Bonchev–Trinajstić information content (AvgIpc) is 2.33. The Morgan fingerprint density at radius 2 is 1.76 bits per heavy atom. The summed E-state index contributed by atoms with van der Waals surface area (Å²) in [4.78, 5) is 23.6. The van der Waals surface area contributed by atoms with Gasteiger partial charge >= 0.3 is 6.18 Å². The van der Waals surface area contributed by atoms with Gasteiger partial charge in [-0.1, -0.05) is 20.8 Å². The molecule has 0 saturated heterocycles. The SMILES string of the molecule is CC(C)(C)C(=O)CNC(=O)c1cc(C(F)(F)F)ccc1Br. The van der Waals surface area contributed by atoms with Gasteiger partial charge in [0.2, 0.25) is 0 Å². The summed E-state index contributed by atoms with van der Waals surface area (Å²) in [5.74, 6) is -0.940. The molecule has 21 heavy (non-hydrogen) atoms. The molecule has 0 bridgehead atoms. The Hall–Kier alpha value is -1.37. The Labute approximate surface area is 129 Å². The van der Waals surface area contributed by atoms with Crippen LogP contribution in [0.15, 0.2) is 22.7 Å². The van der Waals surface area contributed by atoms with E-state index < -0.39 is 23.1 Å². The van der Waals surface area contributed by atoms with Gasteiger partial charge < -0.3 is 5.32 Å². The van der Waals surface area contributed by atoms with Gasteiger partial charge in [-0.2, -0.15) is 13.2 Å². The molecule has 7 heteroatoms. The maximum Gasteiger partial charge on any atom is 0.416 e. The van der Waals surface area contributed by atoms with Gasteiger partial charge in [-0.15, -0.1) is 0 Å². The quantitative estimate of drug-likeness (QED) is 0.884. The number of Topliss-reactive ketones (excluding diaryl/α,β-unsaturated/α-hetero) is 1. The van der Waals surface area contributed by atoms with E-state index in [1.807, 2.05) is 0 Å². The summed E-state index contributed by atoms with van der Waals surface area (Å²) >= 11 is 3.03. The van der Waals surface area contributed by atoms with Crippen LogP contribution in [0.1, 0.15) is 36.7 Å². The zero-order chi connectivity index (χ0) is 16.4. The molecule has 1 aromatic carbocycles. The molecule has 0 aromatic heterocycles. The molecule has 0 fully saturated rings. The van der Waals surface area contributed by atoms with Crippen molar-refractivity contribution in [2.45, 2.75) is 26.9 Å². The first-order valence-corrected chi connectivity index (χ1v) is 6.90. The molecule has 1 rings (SSSR count). The fraction of sp³-hybridized carbons (Fsp3) is 0.429. The summed E-state index contributed by atoms with van der Waals surface area (Å²) in [5.41, 5.74) is -1.71. The number of carbonyl (C=O) groups excluding carboxylic acids is 2. The molecule has 116 valence electrons. The molecule has 0 unspecified atom stereocenters. The number of alkyl halides is 3. The molecule has 0 spiro atoms. The molecule has 0 saturated carbocycles. The minimum Gasteiger partial charge on any atom is -0.345 e. The molecule has 1 N–H and O–H groups in total. The van der Waals surface area contributed by atoms with E-state index in [4.69, 9.17) is 0 Å². The van der Waals surface area contributed by atoms with Crippen molar-refractivity contribution in [1.82, 2.24) is 5.32 Å². The van der Waals surface area contributed by atoms with E-state index in [-0.39, 0.29) is 22.4 Å². The summed E-state index contributed by atoms with van der Waals surface area (Å²) in [6.07, 6.45) is -4.53. The Morgan fingerprint density at radius 3 is 2.24 bits per heavy atom. The average molecular weight is 366 g/mol. The number of carbonyl (C=O) groups is 2. The number of amides is 1. The number of benzene rings is 1. The van der Waals surface area contributed by atoms with Crippen LogP contribution in [0.25, 0.3) is 0 Å². The molecule has 0 aliphatic heterocycles. The smallest absolute Gasteiger partial charge is 0.345 e. The molecule has 1 amide bonds. The van der Waals surface area contributed by atoms with Crippen LogP contribution in [0, 0.1) is 5.41 Å². The van der Waals surface area contributed by atoms with Crippen molar-refractivity contribution < 1.29 is 22.8 Å². The van der Waals surface area contributed by atoms with Gasteiger partial charge in [0.05, 0.1) is 17.7 Å². The van der Waals surface area contributed by atoms with Gasteiger partial charge in [0.25, 0.3) is 5.91 Å². The van der Waals surface area contributed by atoms with Gasteiger partial charge in [0, 0.05) is 9.89 Å². The number of ketones is 1. The topological polar surface area (TPSA) is 46.2 Å². The lowest BCUT2D eigenvalue weighted by Crippen LogP contribution is -2.35.